The van der Waals surface area contributed by atoms with Crippen LogP contribution >= 0.6 is 0 Å². The van der Waals surface area contributed by atoms with Crippen molar-refractivity contribution < 1.29 is 0 Å². The van der Waals surface area contributed by atoms with Gasteiger partial charge in [-0.15, -0.1) is 0 Å². The molecule has 2 N–H and O–H groups in total. The molecule has 1 rings (SSSR count). The van der Waals surface area contributed by atoms with Crippen molar-refractivity contribution in [1.29, 1.82) is 0 Å². The van der Waals surface area contributed by atoms with Crippen LogP contribution in [0.1, 0.15) is 51.8 Å². The average Bonchev–Trinajstić information content (AvgIpc) is 2.79. The fourth-order valence-corrected chi connectivity index (χ4v) is 2.88. The largest absolute Gasteiger partial charge is 0.321 e. The lowest BCUT2D eigenvalue weighted by atomic mass is 9.82. The lowest BCUT2D eigenvalue weighted by molar-refractivity contribution is 0.102. The second kappa shape index (κ2) is 6.34. The Morgan fingerprint density at radius 2 is 1.94 bits per heavy atom. The van der Waals surface area contributed by atoms with E-state index in [-0.39, 0.29) is 11.6 Å². The fraction of sp³-hybridized carbons (Fsp3) is 0.786. The van der Waals surface area contributed by atoms with Crippen molar-refractivity contribution in [3.05, 3.63) is 18.0 Å². The van der Waals surface area contributed by atoms with E-state index in [0.717, 1.165) is 31.5 Å². The predicted octanol–water partition coefficient (Wildman–Crippen LogP) is 2.41. The minimum Gasteiger partial charge on any atom is -0.321 e. The van der Waals surface area contributed by atoms with E-state index < -0.39 is 0 Å². The summed E-state index contributed by atoms with van der Waals surface area (Å²) in [6.07, 6.45) is 5.01. The molecule has 1 unspecified atom stereocenters. The first kappa shape index (κ1) is 15.2. The molecule has 1 aromatic heterocycles. The van der Waals surface area contributed by atoms with Crippen molar-refractivity contribution in [2.45, 2.75) is 58.2 Å². The standard InChI is InChI=1S/C14H28N4/c1-6-11-18-12(9-10-16-18)13(15)14(7-2,8-3)17(4)5/h9-10,13H,6-8,11,15H2,1-5H3. The van der Waals surface area contributed by atoms with Crippen LogP contribution in [-0.4, -0.2) is 34.3 Å². The molecular weight excluding hydrogens is 224 g/mol. The van der Waals surface area contributed by atoms with E-state index in [1.165, 1.54) is 0 Å². The summed E-state index contributed by atoms with van der Waals surface area (Å²) in [7, 11) is 4.24. The molecule has 0 saturated carbocycles. The summed E-state index contributed by atoms with van der Waals surface area (Å²) in [5, 5.41) is 4.39. The average molecular weight is 252 g/mol. The van der Waals surface area contributed by atoms with Gasteiger partial charge in [0.1, 0.15) is 0 Å². The summed E-state index contributed by atoms with van der Waals surface area (Å²) in [5.41, 5.74) is 7.72. The zero-order valence-electron chi connectivity index (χ0n) is 12.5. The maximum atomic E-state index is 6.57. The van der Waals surface area contributed by atoms with Gasteiger partial charge in [-0.3, -0.25) is 4.68 Å². The number of hydrogen-bond donors (Lipinski definition) is 1. The van der Waals surface area contributed by atoms with E-state index in [4.69, 9.17) is 5.73 Å². The molecule has 0 aliphatic rings. The van der Waals surface area contributed by atoms with Crippen LogP contribution in [0, 0.1) is 0 Å². The molecule has 0 aliphatic heterocycles. The first-order valence-electron chi connectivity index (χ1n) is 6.98. The number of likely N-dealkylation sites (N-methyl/N-ethyl adjacent to an activating group) is 1. The highest BCUT2D eigenvalue weighted by Gasteiger charge is 2.37. The van der Waals surface area contributed by atoms with Crippen molar-refractivity contribution >= 4 is 0 Å². The molecule has 0 saturated heterocycles. The van der Waals surface area contributed by atoms with Gasteiger partial charge in [0.2, 0.25) is 0 Å². The first-order valence-corrected chi connectivity index (χ1v) is 6.98. The molecule has 4 nitrogen and oxygen atoms in total. The smallest absolute Gasteiger partial charge is 0.0653 e. The van der Waals surface area contributed by atoms with Gasteiger partial charge in [-0.05, 0) is 39.4 Å². The maximum absolute atomic E-state index is 6.57. The molecule has 0 bridgehead atoms. The molecule has 0 spiro atoms. The van der Waals surface area contributed by atoms with Gasteiger partial charge in [0.15, 0.2) is 0 Å². The van der Waals surface area contributed by atoms with E-state index in [2.05, 4.69) is 50.9 Å². The van der Waals surface area contributed by atoms with Gasteiger partial charge in [-0.25, -0.2) is 0 Å². The number of aryl methyl sites for hydroxylation is 1. The summed E-state index contributed by atoms with van der Waals surface area (Å²) in [5.74, 6) is 0. The molecule has 0 radical (unpaired) electrons. The molecule has 1 atom stereocenters. The summed E-state index contributed by atoms with van der Waals surface area (Å²) in [6, 6.07) is 2.06. The van der Waals surface area contributed by atoms with E-state index in [1.807, 2.05) is 10.9 Å². The minimum absolute atomic E-state index is 0.00319. The lowest BCUT2D eigenvalue weighted by Gasteiger charge is -2.43. The van der Waals surface area contributed by atoms with E-state index in [1.54, 1.807) is 0 Å². The Balaban J connectivity index is 3.09. The van der Waals surface area contributed by atoms with Crippen LogP contribution in [0.15, 0.2) is 12.3 Å². The van der Waals surface area contributed by atoms with Crippen LogP contribution in [0.5, 0.6) is 0 Å². The summed E-state index contributed by atoms with van der Waals surface area (Å²) < 4.78 is 2.05. The number of nitrogens with zero attached hydrogens (tertiary/aromatic N) is 3. The third-order valence-electron chi connectivity index (χ3n) is 4.20. The van der Waals surface area contributed by atoms with Crippen LogP contribution in [0.25, 0.3) is 0 Å². The molecule has 1 aromatic rings. The van der Waals surface area contributed by atoms with E-state index in [0.29, 0.717) is 0 Å². The first-order chi connectivity index (χ1) is 8.53. The third-order valence-corrected chi connectivity index (χ3v) is 4.20. The molecule has 104 valence electrons. The number of nitrogens with two attached hydrogens (primary N) is 1. The van der Waals surface area contributed by atoms with Crippen LogP contribution in [0.4, 0.5) is 0 Å². The molecule has 1 heterocycles. The normalized spacial score (nSPS) is 14.2. The van der Waals surface area contributed by atoms with Gasteiger partial charge in [-0.2, -0.15) is 5.10 Å². The molecule has 0 fully saturated rings. The van der Waals surface area contributed by atoms with Crippen LogP contribution in [0.3, 0.4) is 0 Å². The highest BCUT2D eigenvalue weighted by Crippen LogP contribution is 2.34. The highest BCUT2D eigenvalue weighted by atomic mass is 15.3. The van der Waals surface area contributed by atoms with Crippen molar-refractivity contribution in [2.75, 3.05) is 14.1 Å². The Hall–Kier alpha value is -0.870. The molecule has 0 aromatic carbocycles. The summed E-state index contributed by atoms with van der Waals surface area (Å²) in [4.78, 5) is 2.26. The number of rotatable bonds is 7. The molecule has 0 amide bonds. The van der Waals surface area contributed by atoms with Crippen molar-refractivity contribution in [2.24, 2.45) is 5.73 Å². The molecular formula is C14H28N4. The Morgan fingerprint density at radius 1 is 1.33 bits per heavy atom. The maximum Gasteiger partial charge on any atom is 0.0653 e. The van der Waals surface area contributed by atoms with Crippen molar-refractivity contribution in [3.8, 4) is 0 Å². The van der Waals surface area contributed by atoms with Crippen molar-refractivity contribution in [3.63, 3.8) is 0 Å². The van der Waals surface area contributed by atoms with E-state index in [9.17, 15) is 0 Å². The molecule has 4 heteroatoms. The van der Waals surface area contributed by atoms with Crippen LogP contribution in [0.2, 0.25) is 0 Å². The number of aromatic nitrogens is 2. The summed E-state index contributed by atoms with van der Waals surface area (Å²) >= 11 is 0. The van der Waals surface area contributed by atoms with Crippen molar-refractivity contribution in [1.82, 2.24) is 14.7 Å². The van der Waals surface area contributed by atoms with Gasteiger partial charge in [0.25, 0.3) is 0 Å². The van der Waals surface area contributed by atoms with Gasteiger partial charge in [-0.1, -0.05) is 20.8 Å². The zero-order chi connectivity index (χ0) is 13.8. The minimum atomic E-state index is -0.00319. The van der Waals surface area contributed by atoms with Gasteiger partial charge >= 0.3 is 0 Å². The summed E-state index contributed by atoms with van der Waals surface area (Å²) in [6.45, 7) is 7.52. The van der Waals surface area contributed by atoms with Crippen LogP contribution in [-0.2, 0) is 6.54 Å². The Bertz CT molecular complexity index is 352. The predicted molar refractivity (Wildman–Crippen MR) is 76.4 cm³/mol. The van der Waals surface area contributed by atoms with E-state index >= 15 is 0 Å². The zero-order valence-corrected chi connectivity index (χ0v) is 12.5. The van der Waals surface area contributed by atoms with Gasteiger partial charge < -0.3 is 10.6 Å². The fourth-order valence-electron chi connectivity index (χ4n) is 2.88. The second-order valence-electron chi connectivity index (χ2n) is 5.16. The Morgan fingerprint density at radius 3 is 2.39 bits per heavy atom. The highest BCUT2D eigenvalue weighted by molar-refractivity contribution is 5.14. The van der Waals surface area contributed by atoms with Crippen LogP contribution < -0.4 is 5.73 Å². The Kier molecular flexibility index (Phi) is 5.35. The quantitative estimate of drug-likeness (QED) is 0.810. The monoisotopic (exact) mass is 252 g/mol. The molecule has 18 heavy (non-hydrogen) atoms. The topological polar surface area (TPSA) is 47.1 Å². The SMILES string of the molecule is CCCn1nccc1C(N)C(CC)(CC)N(C)C. The molecule has 0 aliphatic carbocycles. The number of hydrogen-bond acceptors (Lipinski definition) is 3. The van der Waals surface area contributed by atoms with Gasteiger partial charge in [0.05, 0.1) is 11.7 Å². The second-order valence-corrected chi connectivity index (χ2v) is 5.16. The lowest BCUT2D eigenvalue weighted by Crippen LogP contribution is -2.52. The Labute approximate surface area is 111 Å². The van der Waals surface area contributed by atoms with Gasteiger partial charge in [0, 0.05) is 18.3 Å². The third kappa shape index (κ3) is 2.59.